The molecule has 1 atom stereocenters. The number of nitrogens with one attached hydrogen (secondary N) is 1. The van der Waals surface area contributed by atoms with E-state index in [1.54, 1.807) is 18.2 Å². The van der Waals surface area contributed by atoms with Gasteiger partial charge in [-0.2, -0.15) is 13.2 Å². The van der Waals surface area contributed by atoms with Gasteiger partial charge in [0.15, 0.2) is 0 Å². The highest BCUT2D eigenvalue weighted by atomic mass is 79.9. The SMILES string of the molecule is C#CCOc1ccc(Br)cc1CNC(C)CC(F)(F)F. The molecular weight excluding hydrogens is 335 g/mol. The zero-order valence-electron chi connectivity index (χ0n) is 10.9. The Morgan fingerprint density at radius 3 is 2.75 bits per heavy atom. The Morgan fingerprint density at radius 2 is 2.15 bits per heavy atom. The summed E-state index contributed by atoms with van der Waals surface area (Å²) in [7, 11) is 0. The van der Waals surface area contributed by atoms with Crippen LogP contribution in [0.3, 0.4) is 0 Å². The van der Waals surface area contributed by atoms with Crippen LogP contribution in [0.4, 0.5) is 13.2 Å². The van der Waals surface area contributed by atoms with E-state index in [-0.39, 0.29) is 13.2 Å². The smallest absolute Gasteiger partial charge is 0.390 e. The molecule has 0 saturated carbocycles. The quantitative estimate of drug-likeness (QED) is 0.786. The molecule has 0 aromatic heterocycles. The molecule has 0 amide bonds. The number of rotatable bonds is 6. The molecule has 0 aliphatic heterocycles. The van der Waals surface area contributed by atoms with Gasteiger partial charge in [0.05, 0.1) is 6.42 Å². The highest BCUT2D eigenvalue weighted by Crippen LogP contribution is 2.25. The average Bonchev–Trinajstić information content (AvgIpc) is 2.33. The molecule has 0 aliphatic carbocycles. The molecule has 0 spiro atoms. The molecule has 6 heteroatoms. The number of hydrogen-bond acceptors (Lipinski definition) is 2. The van der Waals surface area contributed by atoms with Crippen molar-refractivity contribution in [3.8, 4) is 18.1 Å². The Bertz CT molecular complexity index is 482. The third kappa shape index (κ3) is 6.31. The van der Waals surface area contributed by atoms with Crippen LogP contribution in [-0.2, 0) is 6.54 Å². The first kappa shape index (κ1) is 16.9. The number of hydrogen-bond donors (Lipinski definition) is 1. The summed E-state index contributed by atoms with van der Waals surface area (Å²) < 4.78 is 42.9. The van der Waals surface area contributed by atoms with E-state index < -0.39 is 18.6 Å². The third-order valence-corrected chi connectivity index (χ3v) is 3.01. The second kappa shape index (κ2) is 7.55. The van der Waals surface area contributed by atoms with Crippen LogP contribution < -0.4 is 10.1 Å². The van der Waals surface area contributed by atoms with Gasteiger partial charge in [-0.05, 0) is 25.1 Å². The number of halogens is 4. The number of terminal acetylenes is 1. The van der Waals surface area contributed by atoms with Gasteiger partial charge in [0.2, 0.25) is 0 Å². The van der Waals surface area contributed by atoms with Gasteiger partial charge in [-0.3, -0.25) is 0 Å². The molecule has 1 aromatic rings. The number of benzene rings is 1. The molecule has 110 valence electrons. The summed E-state index contributed by atoms with van der Waals surface area (Å²) in [5, 5.41) is 2.83. The van der Waals surface area contributed by atoms with Gasteiger partial charge in [0, 0.05) is 22.6 Å². The Morgan fingerprint density at radius 1 is 1.45 bits per heavy atom. The molecule has 1 aromatic carbocycles. The van der Waals surface area contributed by atoms with Crippen LogP contribution in [0.25, 0.3) is 0 Å². The summed E-state index contributed by atoms with van der Waals surface area (Å²) in [6.07, 6.45) is 0.0754. The zero-order chi connectivity index (χ0) is 15.2. The minimum Gasteiger partial charge on any atom is -0.481 e. The fourth-order valence-electron chi connectivity index (χ4n) is 1.65. The van der Waals surface area contributed by atoms with E-state index in [4.69, 9.17) is 11.2 Å². The summed E-state index contributed by atoms with van der Waals surface area (Å²) in [5.41, 5.74) is 0.753. The predicted molar refractivity (Wildman–Crippen MR) is 75.4 cm³/mol. The number of alkyl halides is 3. The van der Waals surface area contributed by atoms with E-state index >= 15 is 0 Å². The largest absolute Gasteiger partial charge is 0.481 e. The van der Waals surface area contributed by atoms with Crippen LogP contribution in [0.5, 0.6) is 5.75 Å². The third-order valence-electron chi connectivity index (χ3n) is 2.51. The van der Waals surface area contributed by atoms with Crippen molar-refractivity contribution in [1.29, 1.82) is 0 Å². The van der Waals surface area contributed by atoms with Crippen molar-refractivity contribution in [2.24, 2.45) is 0 Å². The maximum absolute atomic E-state index is 12.2. The Labute approximate surface area is 124 Å². The summed E-state index contributed by atoms with van der Waals surface area (Å²) in [6.45, 7) is 1.89. The molecule has 1 N–H and O–H groups in total. The molecule has 0 radical (unpaired) electrons. The molecule has 0 bridgehead atoms. The molecular formula is C14H15BrF3NO. The van der Waals surface area contributed by atoms with Gasteiger partial charge in [0.1, 0.15) is 12.4 Å². The maximum Gasteiger partial charge on any atom is 0.390 e. The minimum atomic E-state index is -4.17. The topological polar surface area (TPSA) is 21.3 Å². The van der Waals surface area contributed by atoms with Crippen molar-refractivity contribution in [2.75, 3.05) is 6.61 Å². The lowest BCUT2D eigenvalue weighted by molar-refractivity contribution is -0.139. The Hall–Kier alpha value is -1.19. The first-order valence-corrected chi connectivity index (χ1v) is 6.76. The van der Waals surface area contributed by atoms with Gasteiger partial charge in [-0.25, -0.2) is 0 Å². The van der Waals surface area contributed by atoms with Crippen LogP contribution in [0.15, 0.2) is 22.7 Å². The fourth-order valence-corrected chi connectivity index (χ4v) is 2.06. The lowest BCUT2D eigenvalue weighted by atomic mass is 10.1. The van der Waals surface area contributed by atoms with Crippen LogP contribution in [0.2, 0.25) is 0 Å². The normalized spacial score (nSPS) is 12.8. The lowest BCUT2D eigenvalue weighted by Gasteiger charge is -2.17. The molecule has 20 heavy (non-hydrogen) atoms. The van der Waals surface area contributed by atoms with E-state index in [2.05, 4.69) is 27.2 Å². The minimum absolute atomic E-state index is 0.118. The second-order valence-corrected chi connectivity index (χ2v) is 5.26. The lowest BCUT2D eigenvalue weighted by Crippen LogP contribution is -2.30. The summed E-state index contributed by atoms with van der Waals surface area (Å²) in [6, 6.07) is 4.63. The van der Waals surface area contributed by atoms with Gasteiger partial charge in [-0.1, -0.05) is 21.9 Å². The Balaban J connectivity index is 2.66. The van der Waals surface area contributed by atoms with Crippen LogP contribution in [-0.4, -0.2) is 18.8 Å². The van der Waals surface area contributed by atoms with Gasteiger partial charge in [-0.15, -0.1) is 6.42 Å². The maximum atomic E-state index is 12.2. The van der Waals surface area contributed by atoms with E-state index in [1.807, 2.05) is 0 Å². The van der Waals surface area contributed by atoms with Crippen molar-refractivity contribution in [2.45, 2.75) is 32.1 Å². The molecule has 0 fully saturated rings. The molecule has 0 heterocycles. The number of ether oxygens (including phenoxy) is 1. The predicted octanol–water partition coefficient (Wildman–Crippen LogP) is 3.89. The van der Waals surface area contributed by atoms with Crippen molar-refractivity contribution in [3.05, 3.63) is 28.2 Å². The van der Waals surface area contributed by atoms with E-state index in [0.717, 1.165) is 10.0 Å². The highest BCUT2D eigenvalue weighted by molar-refractivity contribution is 9.10. The first-order chi connectivity index (χ1) is 9.31. The molecule has 1 rings (SSSR count). The van der Waals surface area contributed by atoms with E-state index in [0.29, 0.717) is 5.75 Å². The second-order valence-electron chi connectivity index (χ2n) is 4.35. The molecule has 0 aliphatic rings. The van der Waals surface area contributed by atoms with E-state index in [9.17, 15) is 13.2 Å². The molecule has 2 nitrogen and oxygen atoms in total. The fraction of sp³-hybridized carbons (Fsp3) is 0.429. The van der Waals surface area contributed by atoms with Crippen LogP contribution >= 0.6 is 15.9 Å². The summed E-state index contributed by atoms with van der Waals surface area (Å²) in [5.74, 6) is 2.92. The zero-order valence-corrected chi connectivity index (χ0v) is 12.5. The van der Waals surface area contributed by atoms with Gasteiger partial charge in [0.25, 0.3) is 0 Å². The van der Waals surface area contributed by atoms with Crippen LogP contribution in [0.1, 0.15) is 18.9 Å². The summed E-state index contributed by atoms with van der Waals surface area (Å²) >= 11 is 3.32. The van der Waals surface area contributed by atoms with E-state index in [1.165, 1.54) is 6.92 Å². The molecule has 0 saturated heterocycles. The Kier molecular flexibility index (Phi) is 6.37. The van der Waals surface area contributed by atoms with Gasteiger partial charge >= 0.3 is 6.18 Å². The average molecular weight is 350 g/mol. The van der Waals surface area contributed by atoms with Crippen molar-refractivity contribution in [3.63, 3.8) is 0 Å². The van der Waals surface area contributed by atoms with Gasteiger partial charge < -0.3 is 10.1 Å². The summed E-state index contributed by atoms with van der Waals surface area (Å²) in [4.78, 5) is 0. The monoisotopic (exact) mass is 349 g/mol. The highest BCUT2D eigenvalue weighted by Gasteiger charge is 2.29. The van der Waals surface area contributed by atoms with Crippen LogP contribution in [0, 0.1) is 12.3 Å². The standard InChI is InChI=1S/C14H15BrF3NO/c1-3-6-20-13-5-4-12(15)7-11(13)9-19-10(2)8-14(16,17)18/h1,4-5,7,10,19H,6,8-9H2,2H3. The van der Waals surface area contributed by atoms with Crippen molar-refractivity contribution >= 4 is 15.9 Å². The first-order valence-electron chi connectivity index (χ1n) is 5.96. The van der Waals surface area contributed by atoms with Crippen molar-refractivity contribution in [1.82, 2.24) is 5.32 Å². The molecule has 1 unspecified atom stereocenters. The van der Waals surface area contributed by atoms with Crippen molar-refractivity contribution < 1.29 is 17.9 Å².